The van der Waals surface area contributed by atoms with Gasteiger partial charge in [-0.15, -0.1) is 0 Å². The van der Waals surface area contributed by atoms with Crippen molar-refractivity contribution in [2.75, 3.05) is 0 Å². The molecule has 26 heavy (non-hydrogen) atoms. The number of halogens is 1. The molecule has 4 aromatic rings. The van der Waals surface area contributed by atoms with E-state index in [9.17, 15) is 4.79 Å². The summed E-state index contributed by atoms with van der Waals surface area (Å²) in [6, 6.07) is 25.6. The lowest BCUT2D eigenvalue weighted by molar-refractivity contribution is 0.104. The van der Waals surface area contributed by atoms with Crippen LogP contribution in [0.1, 0.15) is 15.9 Å². The van der Waals surface area contributed by atoms with E-state index in [0.717, 1.165) is 21.2 Å². The Bertz CT molecular complexity index is 1180. The third kappa shape index (κ3) is 2.30. The minimum Gasteiger partial charge on any atom is -0.289 e. The van der Waals surface area contributed by atoms with E-state index in [0.29, 0.717) is 16.1 Å². The van der Waals surface area contributed by atoms with Crippen molar-refractivity contribution in [1.29, 1.82) is 0 Å². The molecule has 1 nitrogen and oxygen atoms in total. The molecule has 0 saturated heterocycles. The van der Waals surface area contributed by atoms with Gasteiger partial charge in [0.15, 0.2) is 5.78 Å². The van der Waals surface area contributed by atoms with Gasteiger partial charge in [-0.05, 0) is 35.4 Å². The van der Waals surface area contributed by atoms with E-state index in [4.69, 9.17) is 11.6 Å². The molecule has 1 heterocycles. The number of fused-ring (bicyclic) bond motifs is 2. The number of hydrogen-bond donors (Lipinski definition) is 0. The summed E-state index contributed by atoms with van der Waals surface area (Å²) in [7, 11) is 0. The van der Waals surface area contributed by atoms with Gasteiger partial charge < -0.3 is 0 Å². The lowest BCUT2D eigenvalue weighted by atomic mass is 9.92. The zero-order valence-corrected chi connectivity index (χ0v) is 15.3. The van der Waals surface area contributed by atoms with Crippen molar-refractivity contribution in [3.63, 3.8) is 0 Å². The highest BCUT2D eigenvalue weighted by atomic mass is 35.5. The molecule has 5 rings (SSSR count). The van der Waals surface area contributed by atoms with Crippen LogP contribution in [0.3, 0.4) is 0 Å². The molecule has 3 heteroatoms. The van der Waals surface area contributed by atoms with Crippen LogP contribution >= 0.6 is 23.4 Å². The maximum atomic E-state index is 13.1. The van der Waals surface area contributed by atoms with Gasteiger partial charge in [-0.3, -0.25) is 4.79 Å². The van der Waals surface area contributed by atoms with Gasteiger partial charge in [0, 0.05) is 36.7 Å². The monoisotopic (exact) mass is 372 g/mol. The van der Waals surface area contributed by atoms with Gasteiger partial charge in [-0.25, -0.2) is 0 Å². The molecule has 0 amide bonds. The van der Waals surface area contributed by atoms with Crippen LogP contribution in [0.15, 0.2) is 88.7 Å². The molecule has 0 unspecified atom stereocenters. The Morgan fingerprint density at radius 1 is 0.692 bits per heavy atom. The van der Waals surface area contributed by atoms with Gasteiger partial charge in [0.2, 0.25) is 0 Å². The largest absolute Gasteiger partial charge is 0.289 e. The van der Waals surface area contributed by atoms with Gasteiger partial charge in [0.25, 0.3) is 0 Å². The van der Waals surface area contributed by atoms with Crippen molar-refractivity contribution < 1.29 is 4.79 Å². The summed E-state index contributed by atoms with van der Waals surface area (Å²) in [5.74, 6) is 0.0000543. The lowest BCUT2D eigenvalue weighted by Gasteiger charge is -2.22. The SMILES string of the molecule is O=C(c1ccccc1)c1ccc2c3c(ccc(Cl)c13)-c1ccccc1S2. The summed E-state index contributed by atoms with van der Waals surface area (Å²) in [5.41, 5.74) is 3.65. The second kappa shape index (κ2) is 6.01. The molecule has 1 aliphatic rings. The summed E-state index contributed by atoms with van der Waals surface area (Å²) in [4.78, 5) is 15.5. The summed E-state index contributed by atoms with van der Waals surface area (Å²) in [6.07, 6.45) is 0. The normalized spacial score (nSPS) is 12.0. The molecule has 0 N–H and O–H groups in total. The fourth-order valence-electron chi connectivity index (χ4n) is 3.56. The summed E-state index contributed by atoms with van der Waals surface area (Å²) in [5, 5.41) is 2.53. The number of hydrogen-bond acceptors (Lipinski definition) is 2. The smallest absolute Gasteiger partial charge is 0.193 e. The Kier molecular flexibility index (Phi) is 3.63. The minimum absolute atomic E-state index is 0.0000543. The Morgan fingerprint density at radius 3 is 2.31 bits per heavy atom. The Morgan fingerprint density at radius 2 is 1.46 bits per heavy atom. The molecule has 0 saturated carbocycles. The van der Waals surface area contributed by atoms with Crippen LogP contribution in [0.25, 0.3) is 21.9 Å². The van der Waals surface area contributed by atoms with Crippen molar-refractivity contribution in [3.8, 4) is 11.1 Å². The number of ketones is 1. The van der Waals surface area contributed by atoms with E-state index in [1.54, 1.807) is 11.8 Å². The average molecular weight is 373 g/mol. The standard InChI is InChI=1S/C23H13ClOS/c24-18-12-10-16-15-8-4-5-9-19(15)26-20-13-11-17(21(18)22(16)20)23(25)14-6-2-1-3-7-14/h1-13H. The Labute approximate surface area is 160 Å². The van der Waals surface area contributed by atoms with Crippen LogP contribution in [-0.4, -0.2) is 5.78 Å². The molecule has 0 bridgehead atoms. The van der Waals surface area contributed by atoms with Gasteiger partial charge in [-0.2, -0.15) is 0 Å². The van der Waals surface area contributed by atoms with Crippen LogP contribution in [0.2, 0.25) is 5.02 Å². The molecular formula is C23H13ClOS. The topological polar surface area (TPSA) is 17.1 Å². The predicted octanol–water partition coefficient (Wildman–Crippen LogP) is 6.86. The Hall–Kier alpha value is -2.55. The zero-order valence-electron chi connectivity index (χ0n) is 13.7. The van der Waals surface area contributed by atoms with Crippen LogP contribution < -0.4 is 0 Å². The van der Waals surface area contributed by atoms with Crippen LogP contribution in [-0.2, 0) is 0 Å². The first kappa shape index (κ1) is 15.7. The summed E-state index contributed by atoms with van der Waals surface area (Å²) >= 11 is 8.31. The van der Waals surface area contributed by atoms with Crippen molar-refractivity contribution in [2.45, 2.75) is 9.79 Å². The first-order valence-corrected chi connectivity index (χ1v) is 9.56. The second-order valence-corrected chi connectivity index (χ2v) is 7.74. The van der Waals surface area contributed by atoms with E-state index >= 15 is 0 Å². The molecule has 0 atom stereocenters. The van der Waals surface area contributed by atoms with E-state index in [-0.39, 0.29) is 5.78 Å². The highest BCUT2D eigenvalue weighted by Gasteiger charge is 2.23. The molecule has 4 aromatic carbocycles. The maximum Gasteiger partial charge on any atom is 0.193 e. The number of carbonyl (C=O) groups excluding carboxylic acids is 1. The third-order valence-corrected chi connectivity index (χ3v) is 6.20. The van der Waals surface area contributed by atoms with E-state index in [1.807, 2.05) is 54.6 Å². The van der Waals surface area contributed by atoms with Crippen molar-refractivity contribution in [1.82, 2.24) is 0 Å². The molecule has 1 aliphatic heterocycles. The fraction of sp³-hybridized carbons (Fsp3) is 0. The number of benzene rings is 4. The summed E-state index contributed by atoms with van der Waals surface area (Å²) in [6.45, 7) is 0. The van der Waals surface area contributed by atoms with Crippen molar-refractivity contribution in [2.24, 2.45) is 0 Å². The highest BCUT2D eigenvalue weighted by molar-refractivity contribution is 7.99. The van der Waals surface area contributed by atoms with E-state index in [2.05, 4.69) is 24.3 Å². The first-order chi connectivity index (χ1) is 12.7. The molecule has 124 valence electrons. The first-order valence-electron chi connectivity index (χ1n) is 8.36. The predicted molar refractivity (Wildman–Crippen MR) is 108 cm³/mol. The summed E-state index contributed by atoms with van der Waals surface area (Å²) < 4.78 is 0. The van der Waals surface area contributed by atoms with Gasteiger partial charge in [0.1, 0.15) is 0 Å². The van der Waals surface area contributed by atoms with Crippen molar-refractivity contribution >= 4 is 39.9 Å². The molecule has 0 radical (unpaired) electrons. The lowest BCUT2D eigenvalue weighted by Crippen LogP contribution is -2.04. The van der Waals surface area contributed by atoms with E-state index in [1.165, 1.54) is 10.5 Å². The molecule has 0 aromatic heterocycles. The van der Waals surface area contributed by atoms with Gasteiger partial charge in [-0.1, -0.05) is 78.0 Å². The van der Waals surface area contributed by atoms with Crippen molar-refractivity contribution in [3.05, 3.63) is 95.0 Å². The van der Waals surface area contributed by atoms with Crippen LogP contribution in [0.4, 0.5) is 0 Å². The van der Waals surface area contributed by atoms with Gasteiger partial charge >= 0.3 is 0 Å². The van der Waals surface area contributed by atoms with Crippen LogP contribution in [0.5, 0.6) is 0 Å². The molecule has 0 aliphatic carbocycles. The quantitative estimate of drug-likeness (QED) is 0.315. The molecular weight excluding hydrogens is 360 g/mol. The third-order valence-electron chi connectivity index (χ3n) is 4.75. The minimum atomic E-state index is 0.0000543. The molecule has 0 spiro atoms. The zero-order chi connectivity index (χ0) is 17.7. The molecule has 0 fully saturated rings. The number of carbonyl (C=O) groups is 1. The highest BCUT2D eigenvalue weighted by Crippen LogP contribution is 2.49. The Balaban J connectivity index is 1.83. The van der Waals surface area contributed by atoms with Gasteiger partial charge in [0.05, 0.1) is 0 Å². The van der Waals surface area contributed by atoms with E-state index < -0.39 is 0 Å². The fourth-order valence-corrected chi connectivity index (χ4v) is 4.94. The second-order valence-electron chi connectivity index (χ2n) is 6.25. The van der Waals surface area contributed by atoms with Crippen LogP contribution in [0, 0.1) is 0 Å². The maximum absolute atomic E-state index is 13.1. The average Bonchev–Trinajstić information content (AvgIpc) is 2.70. The number of rotatable bonds is 2.